The number of rotatable bonds is 7. The number of hydrogen-bond donors (Lipinski definition) is 3. The van der Waals surface area contributed by atoms with Crippen molar-refractivity contribution in [3.8, 4) is 17.2 Å². The van der Waals surface area contributed by atoms with Gasteiger partial charge in [0.15, 0.2) is 0 Å². The summed E-state index contributed by atoms with van der Waals surface area (Å²) < 4.78 is 69.0. The van der Waals surface area contributed by atoms with E-state index < -0.39 is 40.9 Å². The van der Waals surface area contributed by atoms with Crippen molar-refractivity contribution in [3.63, 3.8) is 0 Å². The molecule has 1 saturated heterocycles. The number of alkyl halides is 3. The molecule has 0 saturated carbocycles. The van der Waals surface area contributed by atoms with Gasteiger partial charge in [-0.3, -0.25) is 14.6 Å². The summed E-state index contributed by atoms with van der Waals surface area (Å²) in [5.41, 5.74) is -0.195. The average molecular weight is 509 g/mol. The van der Waals surface area contributed by atoms with Crippen molar-refractivity contribution in [1.29, 1.82) is 5.26 Å². The van der Waals surface area contributed by atoms with Crippen LogP contribution in [0.15, 0.2) is 30.7 Å². The highest BCUT2D eigenvalue weighted by atomic mass is 19.4. The first-order valence-corrected chi connectivity index (χ1v) is 10.7. The van der Waals surface area contributed by atoms with Crippen LogP contribution >= 0.6 is 0 Å². The van der Waals surface area contributed by atoms with E-state index in [1.54, 1.807) is 16.2 Å². The van der Waals surface area contributed by atoms with Gasteiger partial charge < -0.3 is 15.3 Å². The summed E-state index contributed by atoms with van der Waals surface area (Å²) in [5, 5.41) is 31.3. The number of carbonyl (C=O) groups is 1. The molecule has 2 aromatic heterocycles. The lowest BCUT2D eigenvalue weighted by molar-refractivity contribution is -0.149. The zero-order valence-corrected chi connectivity index (χ0v) is 18.8. The normalized spacial score (nSPS) is 15.8. The van der Waals surface area contributed by atoms with E-state index in [0.29, 0.717) is 29.8 Å². The number of benzene rings is 1. The van der Waals surface area contributed by atoms with E-state index in [2.05, 4.69) is 21.4 Å². The summed E-state index contributed by atoms with van der Waals surface area (Å²) >= 11 is 0. The van der Waals surface area contributed by atoms with E-state index in [0.717, 1.165) is 6.07 Å². The Bertz CT molecular complexity index is 1320. The second-order valence-electron chi connectivity index (χ2n) is 8.53. The fourth-order valence-corrected chi connectivity index (χ4v) is 4.03. The number of aromatic nitrogens is 4. The van der Waals surface area contributed by atoms with Crippen molar-refractivity contribution in [2.24, 2.45) is 0 Å². The Morgan fingerprint density at radius 3 is 2.67 bits per heavy atom. The molecule has 1 fully saturated rings. The SMILES string of the molecule is CC(NC(=O)c1cc(F)c(N2CC(CC#N)(n3cc(-c4cn[nH]c4CO)cn3)C2)cc1F)C(F)(F)F. The fourth-order valence-electron chi connectivity index (χ4n) is 4.03. The molecular formula is C22H20F5N7O2. The van der Waals surface area contributed by atoms with Crippen LogP contribution in [0.4, 0.5) is 27.6 Å². The maximum absolute atomic E-state index is 14.8. The number of carbonyl (C=O) groups excluding carboxylic acids is 1. The third-order valence-corrected chi connectivity index (χ3v) is 6.09. The molecule has 4 rings (SSSR count). The van der Waals surface area contributed by atoms with Crippen LogP contribution in [0.5, 0.6) is 0 Å². The Labute approximate surface area is 201 Å². The molecule has 0 spiro atoms. The predicted octanol–water partition coefficient (Wildman–Crippen LogP) is 2.85. The Morgan fingerprint density at radius 2 is 2.03 bits per heavy atom. The molecule has 1 aromatic carbocycles. The number of hydrogen-bond acceptors (Lipinski definition) is 6. The quantitative estimate of drug-likeness (QED) is 0.421. The van der Waals surface area contributed by atoms with Crippen LogP contribution in [0, 0.1) is 23.0 Å². The highest BCUT2D eigenvalue weighted by Crippen LogP contribution is 2.38. The van der Waals surface area contributed by atoms with E-state index in [4.69, 9.17) is 0 Å². The van der Waals surface area contributed by atoms with Gasteiger partial charge in [0.25, 0.3) is 5.91 Å². The van der Waals surface area contributed by atoms with Gasteiger partial charge in [0.2, 0.25) is 0 Å². The molecule has 190 valence electrons. The Morgan fingerprint density at radius 1 is 1.31 bits per heavy atom. The molecule has 0 aliphatic carbocycles. The molecule has 0 bridgehead atoms. The molecule has 1 unspecified atom stereocenters. The molecule has 1 amide bonds. The van der Waals surface area contributed by atoms with E-state index in [-0.39, 0.29) is 31.8 Å². The third-order valence-electron chi connectivity index (χ3n) is 6.09. The number of H-pyrrole nitrogens is 1. The van der Waals surface area contributed by atoms with Crippen LogP contribution in [0.2, 0.25) is 0 Å². The van der Waals surface area contributed by atoms with Gasteiger partial charge in [0.05, 0.1) is 48.4 Å². The smallest absolute Gasteiger partial charge is 0.390 e. The first-order chi connectivity index (χ1) is 17.0. The van der Waals surface area contributed by atoms with Gasteiger partial charge in [-0.2, -0.15) is 28.6 Å². The number of halogens is 5. The van der Waals surface area contributed by atoms with Crippen molar-refractivity contribution in [2.75, 3.05) is 18.0 Å². The molecule has 1 aliphatic heterocycles. The van der Waals surface area contributed by atoms with Crippen molar-refractivity contribution < 1.29 is 31.9 Å². The number of aliphatic hydroxyl groups excluding tert-OH is 1. The number of aromatic amines is 1. The molecule has 1 aliphatic rings. The summed E-state index contributed by atoms with van der Waals surface area (Å²) in [6.45, 7) is 0.568. The number of aliphatic hydroxyl groups is 1. The van der Waals surface area contributed by atoms with Gasteiger partial charge in [0.1, 0.15) is 23.2 Å². The van der Waals surface area contributed by atoms with Gasteiger partial charge in [0, 0.05) is 36.5 Å². The Hall–Kier alpha value is -3.99. The minimum atomic E-state index is -4.74. The Kier molecular flexibility index (Phi) is 6.44. The largest absolute Gasteiger partial charge is 0.408 e. The molecule has 36 heavy (non-hydrogen) atoms. The van der Waals surface area contributed by atoms with Gasteiger partial charge >= 0.3 is 6.18 Å². The number of anilines is 1. The van der Waals surface area contributed by atoms with Crippen LogP contribution in [-0.4, -0.2) is 56.3 Å². The monoisotopic (exact) mass is 509 g/mol. The third kappa shape index (κ3) is 4.49. The van der Waals surface area contributed by atoms with Crippen molar-refractivity contribution in [1.82, 2.24) is 25.3 Å². The minimum Gasteiger partial charge on any atom is -0.390 e. The average Bonchev–Trinajstić information content (AvgIpc) is 3.46. The maximum atomic E-state index is 14.8. The highest BCUT2D eigenvalue weighted by Gasteiger charge is 2.47. The number of nitrogens with zero attached hydrogens (tertiary/aromatic N) is 5. The van der Waals surface area contributed by atoms with Gasteiger partial charge in [-0.15, -0.1) is 0 Å². The zero-order valence-electron chi connectivity index (χ0n) is 18.8. The lowest BCUT2D eigenvalue weighted by Gasteiger charge is -2.50. The minimum absolute atomic E-state index is 0.00276. The molecule has 0 radical (unpaired) electrons. The summed E-state index contributed by atoms with van der Waals surface area (Å²) in [6.07, 6.45) is -0.0344. The van der Waals surface area contributed by atoms with E-state index in [1.165, 1.54) is 17.3 Å². The molecule has 14 heteroatoms. The first-order valence-electron chi connectivity index (χ1n) is 10.7. The van der Waals surface area contributed by atoms with E-state index in [1.807, 2.05) is 0 Å². The molecule has 3 aromatic rings. The number of nitriles is 1. The summed E-state index contributed by atoms with van der Waals surface area (Å²) in [7, 11) is 0. The second kappa shape index (κ2) is 9.23. The Balaban J connectivity index is 1.54. The highest BCUT2D eigenvalue weighted by molar-refractivity contribution is 5.95. The first kappa shape index (κ1) is 25.1. The standard InChI is InChI=1S/C22H20F5N7O2/c1-12(22(25,26)27)31-20(36)14-4-17(24)19(5-16(14)23)33-10-21(11-33,2-3-28)34-8-13(6-30-34)15-7-29-32-18(15)9-35/h4-8,12,35H,2,9-11H2,1H3,(H,29,32)(H,31,36). The number of nitrogens with one attached hydrogen (secondary N) is 2. The molecule has 3 N–H and O–H groups in total. The van der Waals surface area contributed by atoms with E-state index >= 15 is 0 Å². The maximum Gasteiger partial charge on any atom is 0.408 e. The lowest BCUT2D eigenvalue weighted by atomic mass is 9.86. The van der Waals surface area contributed by atoms with Crippen LogP contribution in [0.3, 0.4) is 0 Å². The molecule has 9 nitrogen and oxygen atoms in total. The summed E-state index contributed by atoms with van der Waals surface area (Å²) in [5.74, 6) is -3.58. The molecule has 1 atom stereocenters. The predicted molar refractivity (Wildman–Crippen MR) is 115 cm³/mol. The molecular weight excluding hydrogens is 489 g/mol. The molecule has 3 heterocycles. The van der Waals surface area contributed by atoms with Crippen LogP contribution in [0.1, 0.15) is 29.4 Å². The summed E-state index contributed by atoms with van der Waals surface area (Å²) in [6, 6.07) is 1.12. The van der Waals surface area contributed by atoms with Gasteiger partial charge in [-0.1, -0.05) is 0 Å². The van der Waals surface area contributed by atoms with Crippen molar-refractivity contribution in [2.45, 2.75) is 37.7 Å². The number of amides is 1. The topological polar surface area (TPSA) is 123 Å². The van der Waals surface area contributed by atoms with Crippen molar-refractivity contribution in [3.05, 3.63) is 53.6 Å². The van der Waals surface area contributed by atoms with Crippen molar-refractivity contribution >= 4 is 11.6 Å². The fraction of sp³-hybridized carbons (Fsp3) is 0.364. The van der Waals surface area contributed by atoms with Crippen LogP contribution in [-0.2, 0) is 12.1 Å². The van der Waals surface area contributed by atoms with Gasteiger partial charge in [-0.25, -0.2) is 8.78 Å². The zero-order chi connectivity index (χ0) is 26.3. The summed E-state index contributed by atoms with van der Waals surface area (Å²) in [4.78, 5) is 13.5. The van der Waals surface area contributed by atoms with E-state index in [9.17, 15) is 37.1 Å². The van der Waals surface area contributed by atoms with Crippen LogP contribution < -0.4 is 10.2 Å². The van der Waals surface area contributed by atoms with Crippen LogP contribution in [0.25, 0.3) is 11.1 Å². The second-order valence-corrected chi connectivity index (χ2v) is 8.53. The lowest BCUT2D eigenvalue weighted by Crippen LogP contribution is -2.63. The van der Waals surface area contributed by atoms with Gasteiger partial charge in [-0.05, 0) is 13.0 Å².